The van der Waals surface area contributed by atoms with Gasteiger partial charge in [-0.2, -0.15) is 0 Å². The minimum absolute atomic E-state index is 0.00726. The highest BCUT2D eigenvalue weighted by atomic mass is 16.5. The van der Waals surface area contributed by atoms with Gasteiger partial charge in [-0.1, -0.05) is 36.4 Å². The third kappa shape index (κ3) is 5.65. The highest BCUT2D eigenvalue weighted by Gasteiger charge is 2.55. The molecule has 0 aromatic heterocycles. The van der Waals surface area contributed by atoms with E-state index in [9.17, 15) is 10.2 Å². The van der Waals surface area contributed by atoms with Crippen LogP contribution in [0.2, 0.25) is 0 Å². The molecule has 2 aliphatic heterocycles. The molecular formula is C32H46N4O3. The Labute approximate surface area is 234 Å². The van der Waals surface area contributed by atoms with Crippen molar-refractivity contribution in [3.63, 3.8) is 0 Å². The van der Waals surface area contributed by atoms with Gasteiger partial charge in [-0.25, -0.2) is 4.79 Å². The molecular weight excluding hydrogens is 488 g/mol. The minimum atomic E-state index is -0.560. The molecule has 2 aliphatic rings. The maximum Gasteiger partial charge on any atom is 0.325 e. The largest absolute Gasteiger partial charge is 0.493 e. The lowest BCUT2D eigenvalue weighted by Gasteiger charge is -2.56. The summed E-state index contributed by atoms with van der Waals surface area (Å²) in [7, 11) is 3.26. The molecule has 1 N–H and O–H groups in total. The molecule has 0 spiro atoms. The zero-order valence-corrected chi connectivity index (χ0v) is 24.6. The number of fused-ring (bicyclic) bond motifs is 1. The molecule has 2 fully saturated rings. The van der Waals surface area contributed by atoms with Crippen molar-refractivity contribution < 1.29 is 14.3 Å². The Morgan fingerprint density at radius 3 is 2.33 bits per heavy atom. The van der Waals surface area contributed by atoms with Crippen LogP contribution in [-0.2, 0) is 11.8 Å². The molecule has 0 bridgehead atoms. The Balaban J connectivity index is 1.72. The number of nitrogens with zero attached hydrogens (tertiary/aromatic N) is 3. The van der Waals surface area contributed by atoms with Crippen molar-refractivity contribution in [1.29, 1.82) is 5.41 Å². The van der Waals surface area contributed by atoms with Crippen LogP contribution in [0.5, 0.6) is 11.5 Å². The lowest BCUT2D eigenvalue weighted by molar-refractivity contribution is 0.0690. The monoisotopic (exact) mass is 534 g/mol. The number of methoxy groups -OCH3 is 2. The summed E-state index contributed by atoms with van der Waals surface area (Å²) in [5.41, 5.74) is 1.63. The van der Waals surface area contributed by atoms with Crippen LogP contribution in [-0.4, -0.2) is 78.5 Å². The first-order chi connectivity index (χ1) is 18.7. The number of piperidine rings is 1. The number of amidine groups is 1. The number of ether oxygens (including phenoxy) is 2. The first-order valence-corrected chi connectivity index (χ1v) is 14.4. The molecule has 2 aromatic carbocycles. The van der Waals surface area contributed by atoms with E-state index < -0.39 is 5.41 Å². The molecule has 0 unspecified atom stereocenters. The number of nitrogens with one attached hydrogen (secondary N) is 1. The zero-order chi connectivity index (χ0) is 28.2. The summed E-state index contributed by atoms with van der Waals surface area (Å²) < 4.78 is 10.9. The molecule has 2 aromatic rings. The zero-order valence-electron chi connectivity index (χ0n) is 24.6. The van der Waals surface area contributed by atoms with E-state index in [4.69, 9.17) is 9.47 Å². The van der Waals surface area contributed by atoms with Crippen molar-refractivity contribution in [1.82, 2.24) is 14.7 Å². The van der Waals surface area contributed by atoms with Crippen molar-refractivity contribution in [3.8, 4) is 11.5 Å². The first-order valence-electron chi connectivity index (χ1n) is 14.4. The van der Waals surface area contributed by atoms with E-state index in [0.29, 0.717) is 42.4 Å². The van der Waals surface area contributed by atoms with Crippen molar-refractivity contribution in [3.05, 3.63) is 59.7 Å². The van der Waals surface area contributed by atoms with Gasteiger partial charge in [0.25, 0.3) is 0 Å². The van der Waals surface area contributed by atoms with Gasteiger partial charge in [0, 0.05) is 31.7 Å². The van der Waals surface area contributed by atoms with Gasteiger partial charge in [-0.3, -0.25) is 15.2 Å². The molecule has 4 rings (SSSR count). The average molecular weight is 535 g/mol. The Morgan fingerprint density at radius 2 is 1.69 bits per heavy atom. The van der Waals surface area contributed by atoms with E-state index >= 15 is 0 Å². The second-order valence-electron chi connectivity index (χ2n) is 11.4. The summed E-state index contributed by atoms with van der Waals surface area (Å²) in [6, 6.07) is 17.2. The minimum Gasteiger partial charge on any atom is -0.493 e. The third-order valence-electron chi connectivity index (χ3n) is 8.69. The average Bonchev–Trinajstić information content (AvgIpc) is 2.94. The second kappa shape index (κ2) is 12.4. The standard InChI is InChI=1S/C32H46N4O3/c1-23(2)34(24(3)4)21-18-32(26-12-8-7-9-13-26)29-14-10-11-19-35(29)31(37)36(30(32)33)20-17-25-15-16-27(38-5)28(22-25)39-6/h7-9,12-13,15-16,22-24,29,33H,10-11,14,17-21H2,1-6H3/t29-,32-/m1/s1. The molecule has 2 heterocycles. The van der Waals surface area contributed by atoms with E-state index in [-0.39, 0.29) is 12.1 Å². The van der Waals surface area contributed by atoms with Crippen LogP contribution in [0.25, 0.3) is 0 Å². The van der Waals surface area contributed by atoms with E-state index in [1.54, 1.807) is 19.1 Å². The van der Waals surface area contributed by atoms with Gasteiger partial charge in [-0.05, 0) is 83.1 Å². The molecule has 7 nitrogen and oxygen atoms in total. The van der Waals surface area contributed by atoms with Gasteiger partial charge in [0.2, 0.25) is 0 Å². The quantitative estimate of drug-likeness (QED) is 0.386. The molecule has 212 valence electrons. The topological polar surface area (TPSA) is 69.1 Å². The van der Waals surface area contributed by atoms with Gasteiger partial charge < -0.3 is 14.4 Å². The summed E-state index contributed by atoms with van der Waals surface area (Å²) >= 11 is 0. The SMILES string of the molecule is COc1ccc(CCN2C(=N)[C@](CCN(C(C)C)C(C)C)(c3ccccc3)[C@H]3CCCCN3C2=O)cc1OC. The Kier molecular flexibility index (Phi) is 9.21. The van der Waals surface area contributed by atoms with Crippen LogP contribution in [0.3, 0.4) is 0 Å². The van der Waals surface area contributed by atoms with E-state index in [1.165, 1.54) is 0 Å². The van der Waals surface area contributed by atoms with Gasteiger partial charge in [0.15, 0.2) is 11.5 Å². The predicted octanol–water partition coefficient (Wildman–Crippen LogP) is 5.96. The Morgan fingerprint density at radius 1 is 1.00 bits per heavy atom. The van der Waals surface area contributed by atoms with E-state index in [2.05, 4.69) is 61.8 Å². The van der Waals surface area contributed by atoms with Crippen LogP contribution in [0.1, 0.15) is 64.5 Å². The van der Waals surface area contributed by atoms with E-state index in [0.717, 1.165) is 49.9 Å². The first kappa shape index (κ1) is 28.9. The fraction of sp³-hybridized carbons (Fsp3) is 0.562. The fourth-order valence-electron chi connectivity index (χ4n) is 6.72. The Hall–Kier alpha value is -3.06. The number of urea groups is 1. The highest BCUT2D eigenvalue weighted by molar-refractivity contribution is 6.05. The number of benzene rings is 2. The Bertz CT molecular complexity index is 1130. The van der Waals surface area contributed by atoms with Crippen molar-refractivity contribution in [2.24, 2.45) is 0 Å². The molecule has 2 amide bonds. The van der Waals surface area contributed by atoms with E-state index in [1.807, 2.05) is 24.3 Å². The smallest absolute Gasteiger partial charge is 0.325 e. The van der Waals surface area contributed by atoms with Crippen LogP contribution >= 0.6 is 0 Å². The number of hydrogen-bond acceptors (Lipinski definition) is 5. The normalized spacial score (nSPS) is 21.6. The van der Waals surface area contributed by atoms with Gasteiger partial charge in [0.1, 0.15) is 5.84 Å². The summed E-state index contributed by atoms with van der Waals surface area (Å²) in [4.78, 5) is 20.3. The number of amides is 2. The molecule has 39 heavy (non-hydrogen) atoms. The van der Waals surface area contributed by atoms with Gasteiger partial charge >= 0.3 is 6.03 Å². The van der Waals surface area contributed by atoms with Crippen molar-refractivity contribution in [2.45, 2.75) is 83.3 Å². The summed E-state index contributed by atoms with van der Waals surface area (Å²) in [6.07, 6.45) is 4.44. The van der Waals surface area contributed by atoms with Crippen molar-refractivity contribution in [2.75, 3.05) is 33.9 Å². The summed E-state index contributed by atoms with van der Waals surface area (Å²) in [6.45, 7) is 11.0. The molecule has 0 radical (unpaired) electrons. The van der Waals surface area contributed by atoms with Crippen LogP contribution in [0, 0.1) is 5.41 Å². The van der Waals surface area contributed by atoms with Crippen molar-refractivity contribution >= 4 is 11.9 Å². The van der Waals surface area contributed by atoms with Crippen LogP contribution in [0.15, 0.2) is 48.5 Å². The lowest BCUT2D eigenvalue weighted by atomic mass is 9.65. The molecule has 0 aliphatic carbocycles. The maximum atomic E-state index is 13.9. The number of hydrogen-bond donors (Lipinski definition) is 1. The third-order valence-corrected chi connectivity index (χ3v) is 8.69. The number of carbonyl (C=O) groups is 1. The second-order valence-corrected chi connectivity index (χ2v) is 11.4. The lowest BCUT2D eigenvalue weighted by Crippen LogP contribution is -2.70. The molecule has 2 atom stereocenters. The summed E-state index contributed by atoms with van der Waals surface area (Å²) in [5, 5.41) is 9.72. The molecule has 0 saturated carbocycles. The molecule has 2 saturated heterocycles. The number of carbonyl (C=O) groups excluding carboxylic acids is 1. The number of rotatable bonds is 11. The highest BCUT2D eigenvalue weighted by Crippen LogP contribution is 2.45. The van der Waals surface area contributed by atoms with Gasteiger partial charge in [0.05, 0.1) is 25.7 Å². The van der Waals surface area contributed by atoms with Gasteiger partial charge in [-0.15, -0.1) is 0 Å². The molecule has 7 heteroatoms. The maximum absolute atomic E-state index is 13.9. The summed E-state index contributed by atoms with van der Waals surface area (Å²) in [5.74, 6) is 1.80. The fourth-order valence-corrected chi connectivity index (χ4v) is 6.72. The van der Waals surface area contributed by atoms with Crippen LogP contribution in [0.4, 0.5) is 4.79 Å². The van der Waals surface area contributed by atoms with Crippen LogP contribution < -0.4 is 9.47 Å². The predicted molar refractivity (Wildman–Crippen MR) is 157 cm³/mol.